The third-order valence-electron chi connectivity index (χ3n) is 7.60. The van der Waals surface area contributed by atoms with Gasteiger partial charge in [0.15, 0.2) is 5.83 Å². The molecular formula is C28H31F5. The molecule has 178 valence electrons. The molecule has 0 heterocycles. The summed E-state index contributed by atoms with van der Waals surface area (Å²) in [6.45, 7) is 2.31. The molecule has 33 heavy (non-hydrogen) atoms. The number of rotatable bonds is 4. The highest BCUT2D eigenvalue weighted by atomic mass is 19.4. The number of halogens is 5. The smallest absolute Gasteiger partial charge is 0.207 e. The molecular weight excluding hydrogens is 431 g/mol. The van der Waals surface area contributed by atoms with Crippen molar-refractivity contribution in [3.05, 3.63) is 71.3 Å². The molecule has 0 aromatic heterocycles. The number of hydrogen-bond acceptors (Lipinski definition) is 0. The Hall–Kier alpha value is -2.17. The van der Waals surface area contributed by atoms with E-state index < -0.39 is 17.9 Å². The minimum atomic E-state index is -4.92. The molecule has 2 aromatic rings. The summed E-state index contributed by atoms with van der Waals surface area (Å²) in [7, 11) is 0. The van der Waals surface area contributed by atoms with Gasteiger partial charge in [-0.15, -0.1) is 0 Å². The normalized spacial score (nSPS) is 26.9. The topological polar surface area (TPSA) is 0 Å². The minimum Gasteiger partial charge on any atom is -0.207 e. The first-order valence-electron chi connectivity index (χ1n) is 12.0. The molecule has 0 amide bonds. The molecule has 0 aliphatic heterocycles. The van der Waals surface area contributed by atoms with Gasteiger partial charge in [0.1, 0.15) is 5.82 Å². The number of allylic oxidation sites excluding steroid dienone is 2. The molecule has 5 heteroatoms. The Kier molecular flexibility index (Phi) is 7.25. The Balaban J connectivity index is 1.40. The van der Waals surface area contributed by atoms with Crippen LogP contribution in [0.5, 0.6) is 0 Å². The number of alkyl halides is 3. The van der Waals surface area contributed by atoms with E-state index >= 15 is 0 Å². The minimum absolute atomic E-state index is 0.0475. The van der Waals surface area contributed by atoms with Gasteiger partial charge in [-0.05, 0) is 96.6 Å². The fraction of sp³-hybridized carbons (Fsp3) is 0.500. The van der Waals surface area contributed by atoms with E-state index in [1.54, 1.807) is 12.1 Å². The van der Waals surface area contributed by atoms with Gasteiger partial charge >= 0.3 is 6.18 Å². The van der Waals surface area contributed by atoms with Crippen LogP contribution in [0.1, 0.15) is 81.3 Å². The summed E-state index contributed by atoms with van der Waals surface area (Å²) in [5, 5.41) is 0. The van der Waals surface area contributed by atoms with E-state index in [0.717, 1.165) is 17.0 Å². The Morgan fingerprint density at radius 3 is 1.94 bits per heavy atom. The van der Waals surface area contributed by atoms with E-state index in [2.05, 4.69) is 31.2 Å². The van der Waals surface area contributed by atoms with Gasteiger partial charge in [-0.25, -0.2) is 8.78 Å². The highest BCUT2D eigenvalue weighted by Crippen LogP contribution is 2.40. The van der Waals surface area contributed by atoms with Crippen LogP contribution in [0, 0.1) is 17.7 Å². The van der Waals surface area contributed by atoms with Crippen LogP contribution in [-0.4, -0.2) is 6.18 Å². The summed E-state index contributed by atoms with van der Waals surface area (Å²) in [4.78, 5) is 0. The Morgan fingerprint density at radius 2 is 1.36 bits per heavy atom. The van der Waals surface area contributed by atoms with E-state index in [1.165, 1.54) is 31.2 Å². The first kappa shape index (κ1) is 24.0. The lowest BCUT2D eigenvalue weighted by Gasteiger charge is -2.28. The zero-order valence-electron chi connectivity index (χ0n) is 19.0. The Bertz CT molecular complexity index is 957. The van der Waals surface area contributed by atoms with Crippen LogP contribution in [0.3, 0.4) is 0 Å². The Labute approximate surface area is 192 Å². The summed E-state index contributed by atoms with van der Waals surface area (Å²) < 4.78 is 65.4. The van der Waals surface area contributed by atoms with Crippen molar-refractivity contribution in [1.82, 2.24) is 0 Å². The van der Waals surface area contributed by atoms with Crippen molar-refractivity contribution in [2.45, 2.75) is 76.3 Å². The summed E-state index contributed by atoms with van der Waals surface area (Å²) in [5.41, 5.74) is 3.76. The van der Waals surface area contributed by atoms with Crippen LogP contribution < -0.4 is 0 Å². The fourth-order valence-electron chi connectivity index (χ4n) is 5.48. The predicted molar refractivity (Wildman–Crippen MR) is 122 cm³/mol. The van der Waals surface area contributed by atoms with Crippen molar-refractivity contribution in [2.24, 2.45) is 11.8 Å². The molecule has 0 saturated heterocycles. The second-order valence-corrected chi connectivity index (χ2v) is 9.94. The fourth-order valence-corrected chi connectivity index (χ4v) is 5.48. The van der Waals surface area contributed by atoms with Crippen LogP contribution >= 0.6 is 0 Å². The van der Waals surface area contributed by atoms with Crippen LogP contribution in [-0.2, 0) is 0 Å². The lowest BCUT2D eigenvalue weighted by atomic mass is 9.78. The summed E-state index contributed by atoms with van der Waals surface area (Å²) in [6, 6.07) is 13.7. The molecule has 2 fully saturated rings. The van der Waals surface area contributed by atoms with E-state index in [-0.39, 0.29) is 11.7 Å². The molecule has 2 saturated carbocycles. The number of hydrogen-bond donors (Lipinski definition) is 0. The van der Waals surface area contributed by atoms with Crippen molar-refractivity contribution in [3.8, 4) is 11.1 Å². The highest BCUT2D eigenvalue weighted by Gasteiger charge is 2.35. The first-order chi connectivity index (χ1) is 15.7. The van der Waals surface area contributed by atoms with Crippen LogP contribution in [0.15, 0.2) is 54.4 Å². The second-order valence-electron chi connectivity index (χ2n) is 9.94. The van der Waals surface area contributed by atoms with Crippen LogP contribution in [0.4, 0.5) is 22.0 Å². The van der Waals surface area contributed by atoms with Crippen LogP contribution in [0.2, 0.25) is 0 Å². The van der Waals surface area contributed by atoms with E-state index in [0.29, 0.717) is 43.2 Å². The molecule has 2 aliphatic rings. The standard InChI is InChI=1S/C28H31F5/c1-18-2-6-20(7-3-18)21-10-12-22(13-11-21)24-14-15-25(26(29)17-24)23-8-4-19(5-9-23)16-27(30)28(31,32)33/h10-20,23H,2-9H2,1H3. The van der Waals surface area contributed by atoms with Gasteiger partial charge < -0.3 is 0 Å². The summed E-state index contributed by atoms with van der Waals surface area (Å²) in [6.07, 6.45) is 2.72. The second kappa shape index (κ2) is 9.99. The zero-order valence-corrected chi connectivity index (χ0v) is 19.0. The van der Waals surface area contributed by atoms with Gasteiger partial charge in [-0.2, -0.15) is 13.2 Å². The lowest BCUT2D eigenvalue weighted by Crippen LogP contribution is -2.15. The maximum atomic E-state index is 15.0. The third-order valence-corrected chi connectivity index (χ3v) is 7.60. The van der Waals surface area contributed by atoms with E-state index in [1.807, 2.05) is 6.07 Å². The van der Waals surface area contributed by atoms with Crippen molar-refractivity contribution in [2.75, 3.05) is 0 Å². The highest BCUT2D eigenvalue weighted by molar-refractivity contribution is 5.64. The maximum Gasteiger partial charge on any atom is 0.442 e. The lowest BCUT2D eigenvalue weighted by molar-refractivity contribution is -0.109. The van der Waals surface area contributed by atoms with Crippen molar-refractivity contribution >= 4 is 0 Å². The summed E-state index contributed by atoms with van der Waals surface area (Å²) in [5.74, 6) is -1.37. The van der Waals surface area contributed by atoms with Crippen molar-refractivity contribution < 1.29 is 22.0 Å². The SMILES string of the molecule is CC1CCC(c2ccc(-c3ccc(C4CCC(C=C(F)C(F)(F)F)CC4)c(F)c3)cc2)CC1. The van der Waals surface area contributed by atoms with Crippen LogP contribution in [0.25, 0.3) is 11.1 Å². The van der Waals surface area contributed by atoms with Gasteiger partial charge in [-0.1, -0.05) is 56.2 Å². The molecule has 2 aliphatic carbocycles. The maximum absolute atomic E-state index is 15.0. The quantitative estimate of drug-likeness (QED) is 0.397. The van der Waals surface area contributed by atoms with Gasteiger partial charge in [0.25, 0.3) is 0 Å². The van der Waals surface area contributed by atoms with Gasteiger partial charge in [0.05, 0.1) is 0 Å². The molecule has 0 bridgehead atoms. The largest absolute Gasteiger partial charge is 0.442 e. The Morgan fingerprint density at radius 1 is 0.788 bits per heavy atom. The summed E-state index contributed by atoms with van der Waals surface area (Å²) >= 11 is 0. The number of benzene rings is 2. The molecule has 0 N–H and O–H groups in total. The molecule has 0 atom stereocenters. The zero-order chi connectivity index (χ0) is 23.6. The molecule has 2 aromatic carbocycles. The van der Waals surface area contributed by atoms with Crippen molar-refractivity contribution in [1.29, 1.82) is 0 Å². The molecule has 0 unspecified atom stereocenters. The molecule has 0 spiro atoms. The predicted octanol–water partition coefficient (Wildman–Crippen LogP) is 9.48. The third kappa shape index (κ3) is 5.85. The average molecular weight is 463 g/mol. The molecule has 4 rings (SSSR count). The van der Waals surface area contributed by atoms with Crippen molar-refractivity contribution in [3.63, 3.8) is 0 Å². The van der Waals surface area contributed by atoms with Gasteiger partial charge in [-0.3, -0.25) is 0 Å². The monoisotopic (exact) mass is 462 g/mol. The van der Waals surface area contributed by atoms with E-state index in [4.69, 9.17) is 0 Å². The van der Waals surface area contributed by atoms with Gasteiger partial charge in [0, 0.05) is 0 Å². The first-order valence-corrected chi connectivity index (χ1v) is 12.0. The molecule has 0 nitrogen and oxygen atoms in total. The molecule has 0 radical (unpaired) electrons. The van der Waals surface area contributed by atoms with E-state index in [9.17, 15) is 22.0 Å². The average Bonchev–Trinajstić information content (AvgIpc) is 2.80. The van der Waals surface area contributed by atoms with Gasteiger partial charge in [0.2, 0.25) is 0 Å².